The Morgan fingerprint density at radius 2 is 1.97 bits per heavy atom. The minimum atomic E-state index is -0.615. The maximum Gasteiger partial charge on any atom is 0.336 e. The molecule has 34 heavy (non-hydrogen) atoms. The number of fused-ring (bicyclic) bond motifs is 3. The van der Waals surface area contributed by atoms with Gasteiger partial charge in [-0.3, -0.25) is 4.79 Å². The number of aromatic nitrogens is 4. The van der Waals surface area contributed by atoms with E-state index in [1.54, 1.807) is 16.5 Å². The second-order valence-electron chi connectivity index (χ2n) is 9.92. The van der Waals surface area contributed by atoms with Crippen LogP contribution < -0.4 is 0 Å². The molecular formula is C24H28N6O4. The fourth-order valence-electron chi connectivity index (χ4n) is 5.91. The maximum absolute atomic E-state index is 13.3. The number of aliphatic hydroxyl groups excluding tert-OH is 1. The lowest BCUT2D eigenvalue weighted by Crippen LogP contribution is -2.45. The first-order chi connectivity index (χ1) is 16.4. The Labute approximate surface area is 197 Å². The van der Waals surface area contributed by atoms with Crippen LogP contribution in [0.5, 0.6) is 0 Å². The largest absolute Gasteiger partial charge is 0.456 e. The van der Waals surface area contributed by atoms with Crippen molar-refractivity contribution >= 4 is 11.9 Å². The maximum atomic E-state index is 13.3. The monoisotopic (exact) mass is 464 g/mol. The number of nitrogens with zero attached hydrogens (tertiary/aromatic N) is 6. The number of esters is 1. The predicted molar refractivity (Wildman–Crippen MR) is 120 cm³/mol. The number of piperidine rings is 1. The Hall–Kier alpha value is -3.11. The fourth-order valence-corrected chi connectivity index (χ4v) is 5.91. The van der Waals surface area contributed by atoms with Crippen LogP contribution in [-0.2, 0) is 14.3 Å². The third-order valence-corrected chi connectivity index (χ3v) is 8.17. The molecule has 4 aliphatic heterocycles. The topological polar surface area (TPSA) is 114 Å². The smallest absolute Gasteiger partial charge is 0.336 e. The Bertz CT molecular complexity index is 1210. The van der Waals surface area contributed by atoms with Gasteiger partial charge in [-0.1, -0.05) is 18.2 Å². The molecule has 1 aromatic heterocycles. The number of β-amino-alcohol motifs (C(OH)–C–C–N with tert-alkyl or cyclic N) is 1. The molecular weight excluding hydrogens is 436 g/mol. The van der Waals surface area contributed by atoms with Gasteiger partial charge in [0.1, 0.15) is 6.61 Å². The number of aliphatic hydroxyl groups is 1. The summed E-state index contributed by atoms with van der Waals surface area (Å²) in [6.45, 7) is 6.66. The first kappa shape index (κ1) is 21.4. The molecule has 1 spiro atoms. The zero-order chi connectivity index (χ0) is 23.6. The van der Waals surface area contributed by atoms with Gasteiger partial charge >= 0.3 is 5.97 Å². The molecule has 2 saturated heterocycles. The van der Waals surface area contributed by atoms with Gasteiger partial charge in [0, 0.05) is 18.7 Å². The highest BCUT2D eigenvalue weighted by Crippen LogP contribution is 2.44. The lowest BCUT2D eigenvalue weighted by molar-refractivity contribution is -0.138. The first-order valence-electron chi connectivity index (χ1n) is 11.9. The summed E-state index contributed by atoms with van der Waals surface area (Å²) >= 11 is 0. The molecule has 4 aliphatic rings. The first-order valence-corrected chi connectivity index (χ1v) is 11.9. The highest BCUT2D eigenvalue weighted by molar-refractivity contribution is 5.94. The van der Waals surface area contributed by atoms with Gasteiger partial charge in [0.2, 0.25) is 5.91 Å². The molecule has 1 aromatic carbocycles. The molecule has 2 fully saturated rings. The molecule has 10 heteroatoms. The summed E-state index contributed by atoms with van der Waals surface area (Å²) in [5.74, 6) is 0.555. The van der Waals surface area contributed by atoms with Gasteiger partial charge in [-0.25, -0.2) is 9.48 Å². The third-order valence-electron chi connectivity index (χ3n) is 8.17. The average molecular weight is 465 g/mol. The van der Waals surface area contributed by atoms with Crippen molar-refractivity contribution < 1.29 is 19.4 Å². The molecule has 0 aliphatic carbocycles. The molecule has 2 aromatic rings. The summed E-state index contributed by atoms with van der Waals surface area (Å²) in [4.78, 5) is 29.1. The van der Waals surface area contributed by atoms with Crippen molar-refractivity contribution in [2.45, 2.75) is 45.3 Å². The van der Waals surface area contributed by atoms with Gasteiger partial charge in [-0.15, -0.1) is 5.10 Å². The van der Waals surface area contributed by atoms with E-state index in [0.29, 0.717) is 18.7 Å². The van der Waals surface area contributed by atoms with Gasteiger partial charge in [-0.2, -0.15) is 0 Å². The molecule has 1 amide bonds. The number of ether oxygens (including phenoxy) is 1. The number of hydrogen-bond donors (Lipinski definition) is 1. The minimum absolute atomic E-state index is 0.0395. The highest BCUT2D eigenvalue weighted by atomic mass is 16.5. The van der Waals surface area contributed by atoms with Gasteiger partial charge in [0.25, 0.3) is 0 Å². The number of likely N-dealkylation sites (tertiary alicyclic amines) is 2. The summed E-state index contributed by atoms with van der Waals surface area (Å²) in [5.41, 5.74) is 3.89. The Kier molecular flexibility index (Phi) is 4.86. The van der Waals surface area contributed by atoms with Crippen molar-refractivity contribution in [3.05, 3.63) is 40.6 Å². The number of rotatable bonds is 4. The van der Waals surface area contributed by atoms with E-state index in [-0.39, 0.29) is 29.9 Å². The van der Waals surface area contributed by atoms with Crippen LogP contribution in [0.25, 0.3) is 11.4 Å². The lowest BCUT2D eigenvalue weighted by atomic mass is 9.77. The molecule has 2 unspecified atom stereocenters. The van der Waals surface area contributed by atoms with Crippen LogP contribution in [0.1, 0.15) is 56.4 Å². The van der Waals surface area contributed by atoms with Crippen LogP contribution in [0, 0.1) is 5.41 Å². The third kappa shape index (κ3) is 3.12. The number of hydrogen-bond acceptors (Lipinski definition) is 8. The van der Waals surface area contributed by atoms with E-state index >= 15 is 0 Å². The zero-order valence-electron chi connectivity index (χ0n) is 19.4. The summed E-state index contributed by atoms with van der Waals surface area (Å²) in [7, 11) is 0. The summed E-state index contributed by atoms with van der Waals surface area (Å²) in [6, 6.07) is 6.03. The highest BCUT2D eigenvalue weighted by Gasteiger charge is 2.50. The van der Waals surface area contributed by atoms with Crippen molar-refractivity contribution in [1.82, 2.24) is 30.0 Å². The van der Waals surface area contributed by atoms with E-state index in [4.69, 9.17) is 4.74 Å². The van der Waals surface area contributed by atoms with Crippen LogP contribution in [0.15, 0.2) is 29.5 Å². The molecule has 2 atom stereocenters. The minimum Gasteiger partial charge on any atom is -0.456 e. The molecule has 0 saturated carbocycles. The number of carbonyl (C=O) groups is 2. The van der Waals surface area contributed by atoms with Gasteiger partial charge in [0.05, 0.1) is 28.8 Å². The summed E-state index contributed by atoms with van der Waals surface area (Å²) in [5, 5.41) is 22.9. The molecule has 10 nitrogen and oxygen atoms in total. The Morgan fingerprint density at radius 1 is 1.21 bits per heavy atom. The molecule has 1 N–H and O–H groups in total. The molecule has 178 valence electrons. The van der Waals surface area contributed by atoms with Crippen LogP contribution in [0.4, 0.5) is 0 Å². The van der Waals surface area contributed by atoms with E-state index in [9.17, 15) is 14.7 Å². The average Bonchev–Trinajstić information content (AvgIpc) is 3.58. The number of cyclic esters (lactones) is 1. The van der Waals surface area contributed by atoms with Gasteiger partial charge < -0.3 is 19.6 Å². The van der Waals surface area contributed by atoms with Crippen molar-refractivity contribution in [1.29, 1.82) is 0 Å². The van der Waals surface area contributed by atoms with E-state index in [2.05, 4.69) is 27.3 Å². The quantitative estimate of drug-likeness (QED) is 0.677. The Balaban J connectivity index is 1.10. The Morgan fingerprint density at radius 3 is 2.71 bits per heavy atom. The number of tetrazole rings is 1. The molecule has 0 bridgehead atoms. The SMILES string of the molecule is CC1=C(N2CCC3(CCN(CC(O)c4ccc5c(c4)C(C)n4nnnc4-5)CC3)C2=O)COC1=O. The van der Waals surface area contributed by atoms with Crippen molar-refractivity contribution in [2.24, 2.45) is 5.41 Å². The van der Waals surface area contributed by atoms with E-state index in [1.807, 2.05) is 18.2 Å². The standard InChI is InChI=1S/C24H28N6O4/c1-14-19(13-34-22(14)32)29-10-7-24(23(29)33)5-8-28(9-6-24)12-20(31)16-3-4-17-18(11-16)15(2)30-21(17)25-26-27-30/h3-4,11,15,20,31H,5-10,12-13H2,1-2H3. The van der Waals surface area contributed by atoms with Crippen LogP contribution in [0.3, 0.4) is 0 Å². The summed E-state index contributed by atoms with van der Waals surface area (Å²) in [6.07, 6.45) is 1.71. The number of benzene rings is 1. The predicted octanol–water partition coefficient (Wildman–Crippen LogP) is 1.44. The fraction of sp³-hybridized carbons (Fsp3) is 0.542. The van der Waals surface area contributed by atoms with Crippen LogP contribution in [-0.4, -0.2) is 79.8 Å². The van der Waals surface area contributed by atoms with Crippen molar-refractivity contribution in [3.8, 4) is 11.4 Å². The van der Waals surface area contributed by atoms with E-state index < -0.39 is 6.10 Å². The molecule has 5 heterocycles. The number of amides is 1. The normalized spacial score (nSPS) is 24.7. The van der Waals surface area contributed by atoms with E-state index in [1.165, 1.54) is 0 Å². The summed E-state index contributed by atoms with van der Waals surface area (Å²) < 4.78 is 6.91. The van der Waals surface area contributed by atoms with Gasteiger partial charge in [0.15, 0.2) is 5.82 Å². The lowest BCUT2D eigenvalue weighted by Gasteiger charge is -2.38. The van der Waals surface area contributed by atoms with E-state index in [0.717, 1.165) is 60.6 Å². The van der Waals surface area contributed by atoms with Crippen molar-refractivity contribution in [3.63, 3.8) is 0 Å². The van der Waals surface area contributed by atoms with Gasteiger partial charge in [-0.05, 0) is 67.8 Å². The zero-order valence-corrected chi connectivity index (χ0v) is 19.4. The van der Waals surface area contributed by atoms with Crippen LogP contribution in [0.2, 0.25) is 0 Å². The molecule has 0 radical (unpaired) electrons. The van der Waals surface area contributed by atoms with Crippen LogP contribution >= 0.6 is 0 Å². The second kappa shape index (κ2) is 7.71. The molecule has 6 rings (SSSR count). The second-order valence-corrected chi connectivity index (χ2v) is 9.92. The van der Waals surface area contributed by atoms with Crippen molar-refractivity contribution in [2.75, 3.05) is 32.8 Å². The number of carbonyl (C=O) groups excluding carboxylic acids is 2.